The van der Waals surface area contributed by atoms with Gasteiger partial charge in [0.15, 0.2) is 0 Å². The van der Waals surface area contributed by atoms with Crippen LogP contribution in [0.3, 0.4) is 0 Å². The summed E-state index contributed by atoms with van der Waals surface area (Å²) in [6, 6.07) is 0.231. The van der Waals surface area contributed by atoms with Crippen LogP contribution >= 0.6 is 0 Å². The topological polar surface area (TPSA) is 58.2 Å². The van der Waals surface area contributed by atoms with E-state index in [1.54, 1.807) is 0 Å². The molecule has 3 fully saturated rings. The predicted molar refractivity (Wildman–Crippen MR) is 114 cm³/mol. The van der Waals surface area contributed by atoms with Crippen molar-refractivity contribution in [2.24, 2.45) is 22.7 Å². The summed E-state index contributed by atoms with van der Waals surface area (Å²) in [5.74, 6) is 0.967. The average Bonchev–Trinajstić information content (AvgIpc) is 2.66. The molecule has 2 atom stereocenters. The van der Waals surface area contributed by atoms with Gasteiger partial charge in [-0.05, 0) is 55.8 Å². The molecule has 3 rings (SSSR count). The van der Waals surface area contributed by atoms with Crippen LogP contribution < -0.4 is 10.6 Å². The van der Waals surface area contributed by atoms with Gasteiger partial charge in [-0.25, -0.2) is 0 Å². The van der Waals surface area contributed by atoms with E-state index < -0.39 is 0 Å². The van der Waals surface area contributed by atoms with E-state index in [2.05, 4.69) is 31.4 Å². The zero-order valence-corrected chi connectivity index (χ0v) is 18.4. The van der Waals surface area contributed by atoms with E-state index in [0.29, 0.717) is 0 Å². The second-order valence-electron chi connectivity index (χ2n) is 11.2. The molecule has 3 aliphatic carbocycles. The molecule has 0 spiro atoms. The summed E-state index contributed by atoms with van der Waals surface area (Å²) in [6.45, 7) is 7.66. The Labute approximate surface area is 172 Å². The summed E-state index contributed by atoms with van der Waals surface area (Å²) < 4.78 is 0. The Kier molecular flexibility index (Phi) is 7.09. The smallest absolute Gasteiger partial charge is 0.223 e. The molecule has 0 aliphatic heterocycles. The molecular weight excluding hydrogens is 348 g/mol. The number of carbonyl (C=O) groups excluding carboxylic acids is 2. The van der Waals surface area contributed by atoms with Crippen LogP contribution in [0.25, 0.3) is 0 Å². The lowest BCUT2D eigenvalue weighted by molar-refractivity contribution is -0.129. The quantitative estimate of drug-likeness (QED) is 0.697. The summed E-state index contributed by atoms with van der Waals surface area (Å²) in [7, 11) is 0. The minimum absolute atomic E-state index is 0.0522. The normalized spacial score (nSPS) is 31.9. The maximum absolute atomic E-state index is 12.8. The predicted octanol–water partition coefficient (Wildman–Crippen LogP) is 4.96. The van der Waals surface area contributed by atoms with E-state index in [9.17, 15) is 9.59 Å². The highest BCUT2D eigenvalue weighted by molar-refractivity contribution is 5.79. The molecule has 28 heavy (non-hydrogen) atoms. The molecule has 0 radical (unpaired) electrons. The summed E-state index contributed by atoms with van der Waals surface area (Å²) in [6.07, 6.45) is 14.6. The molecule has 3 aliphatic rings. The van der Waals surface area contributed by atoms with Crippen LogP contribution in [-0.2, 0) is 9.59 Å². The van der Waals surface area contributed by atoms with Gasteiger partial charge in [0.1, 0.15) is 0 Å². The monoisotopic (exact) mass is 390 g/mol. The molecule has 160 valence electrons. The minimum Gasteiger partial charge on any atom is -0.355 e. The number of nitrogens with one attached hydrogen (secondary N) is 2. The fourth-order valence-corrected chi connectivity index (χ4v) is 6.36. The van der Waals surface area contributed by atoms with Gasteiger partial charge < -0.3 is 10.6 Å². The van der Waals surface area contributed by atoms with Gasteiger partial charge in [0.05, 0.1) is 0 Å². The van der Waals surface area contributed by atoms with Crippen molar-refractivity contribution in [1.82, 2.24) is 10.6 Å². The largest absolute Gasteiger partial charge is 0.355 e. The Hall–Kier alpha value is -1.06. The Bertz CT molecular complexity index is 547. The van der Waals surface area contributed by atoms with Crippen molar-refractivity contribution >= 4 is 11.8 Å². The standard InChI is InChI=1S/C24H42N2O2/c1-23(2)14-20(26-22(28)19-12-8-5-9-13-19)15-24(3,16-23)17-25-21(27)18-10-6-4-7-11-18/h18-20H,4-17H2,1-3H3,(H,25,27)(H,26,28)/t20-,24+/m1/s1. The van der Waals surface area contributed by atoms with Gasteiger partial charge in [-0.1, -0.05) is 59.3 Å². The van der Waals surface area contributed by atoms with E-state index in [0.717, 1.165) is 51.5 Å². The minimum atomic E-state index is 0.0522. The molecule has 2 amide bonds. The third-order valence-electron chi connectivity index (χ3n) is 7.43. The van der Waals surface area contributed by atoms with Crippen LogP contribution in [0.1, 0.15) is 104 Å². The van der Waals surface area contributed by atoms with Gasteiger partial charge in [-0.3, -0.25) is 9.59 Å². The number of hydrogen-bond donors (Lipinski definition) is 2. The molecule has 3 saturated carbocycles. The fourth-order valence-electron chi connectivity index (χ4n) is 6.36. The second-order valence-corrected chi connectivity index (χ2v) is 11.2. The van der Waals surface area contributed by atoms with Crippen LogP contribution in [0.4, 0.5) is 0 Å². The van der Waals surface area contributed by atoms with E-state index in [1.165, 1.54) is 38.5 Å². The van der Waals surface area contributed by atoms with E-state index in [4.69, 9.17) is 0 Å². The van der Waals surface area contributed by atoms with Crippen molar-refractivity contribution in [2.45, 2.75) is 110 Å². The van der Waals surface area contributed by atoms with Gasteiger partial charge in [-0.2, -0.15) is 0 Å². The van der Waals surface area contributed by atoms with Crippen LogP contribution in [0.2, 0.25) is 0 Å². The van der Waals surface area contributed by atoms with E-state index in [-0.39, 0.29) is 40.5 Å². The molecule has 2 N–H and O–H groups in total. The zero-order chi connectivity index (χ0) is 20.2. The molecule has 0 aromatic carbocycles. The lowest BCUT2D eigenvalue weighted by atomic mass is 9.62. The van der Waals surface area contributed by atoms with Crippen LogP contribution in [0.5, 0.6) is 0 Å². The molecule has 0 saturated heterocycles. The summed E-state index contributed by atoms with van der Waals surface area (Å²) >= 11 is 0. The van der Waals surface area contributed by atoms with Gasteiger partial charge in [0.25, 0.3) is 0 Å². The van der Waals surface area contributed by atoms with Gasteiger partial charge in [0, 0.05) is 24.4 Å². The lowest BCUT2D eigenvalue weighted by Gasteiger charge is -2.47. The molecule has 0 aromatic heterocycles. The number of amides is 2. The van der Waals surface area contributed by atoms with Crippen molar-refractivity contribution in [3.8, 4) is 0 Å². The third-order valence-corrected chi connectivity index (χ3v) is 7.43. The van der Waals surface area contributed by atoms with Crippen LogP contribution in [0.15, 0.2) is 0 Å². The number of rotatable bonds is 5. The van der Waals surface area contributed by atoms with Crippen molar-refractivity contribution in [1.29, 1.82) is 0 Å². The Balaban J connectivity index is 1.55. The first kappa shape index (κ1) is 21.6. The van der Waals surface area contributed by atoms with Crippen LogP contribution in [-0.4, -0.2) is 24.4 Å². The summed E-state index contributed by atoms with van der Waals surface area (Å²) in [5, 5.41) is 6.68. The molecular formula is C24H42N2O2. The number of hydrogen-bond acceptors (Lipinski definition) is 2. The maximum atomic E-state index is 12.8. The van der Waals surface area contributed by atoms with E-state index >= 15 is 0 Å². The molecule has 0 aromatic rings. The van der Waals surface area contributed by atoms with Gasteiger partial charge in [0.2, 0.25) is 11.8 Å². The van der Waals surface area contributed by atoms with Crippen molar-refractivity contribution in [2.75, 3.05) is 6.54 Å². The van der Waals surface area contributed by atoms with Gasteiger partial charge >= 0.3 is 0 Å². The third kappa shape index (κ3) is 5.97. The Morgan fingerprint density at radius 3 is 1.89 bits per heavy atom. The highest BCUT2D eigenvalue weighted by atomic mass is 16.2. The maximum Gasteiger partial charge on any atom is 0.223 e. The molecule has 0 unspecified atom stereocenters. The fraction of sp³-hybridized carbons (Fsp3) is 0.917. The average molecular weight is 391 g/mol. The highest BCUT2D eigenvalue weighted by Crippen LogP contribution is 2.46. The first-order chi connectivity index (χ1) is 13.3. The van der Waals surface area contributed by atoms with Gasteiger partial charge in [-0.15, -0.1) is 0 Å². The molecule has 0 heterocycles. The molecule has 0 bridgehead atoms. The highest BCUT2D eigenvalue weighted by Gasteiger charge is 2.42. The lowest BCUT2D eigenvalue weighted by Crippen LogP contribution is -2.51. The Morgan fingerprint density at radius 1 is 0.786 bits per heavy atom. The first-order valence-corrected chi connectivity index (χ1v) is 11.8. The second kappa shape index (κ2) is 9.17. The van der Waals surface area contributed by atoms with Crippen molar-refractivity contribution in [3.63, 3.8) is 0 Å². The van der Waals surface area contributed by atoms with E-state index in [1.807, 2.05) is 0 Å². The summed E-state index contributed by atoms with van der Waals surface area (Å²) in [4.78, 5) is 25.4. The summed E-state index contributed by atoms with van der Waals surface area (Å²) in [5.41, 5.74) is 0.240. The van der Waals surface area contributed by atoms with Crippen molar-refractivity contribution < 1.29 is 9.59 Å². The zero-order valence-electron chi connectivity index (χ0n) is 18.4. The van der Waals surface area contributed by atoms with Crippen molar-refractivity contribution in [3.05, 3.63) is 0 Å². The molecule has 4 heteroatoms. The number of carbonyl (C=O) groups is 2. The Morgan fingerprint density at radius 2 is 1.32 bits per heavy atom. The first-order valence-electron chi connectivity index (χ1n) is 11.8. The van der Waals surface area contributed by atoms with Crippen LogP contribution in [0, 0.1) is 22.7 Å². The molecule has 4 nitrogen and oxygen atoms in total. The SMILES string of the molecule is CC1(C)C[C@@H](NC(=O)C2CCCCC2)C[C@](C)(CNC(=O)C2CCCCC2)C1.